The van der Waals surface area contributed by atoms with Crippen molar-refractivity contribution in [3.05, 3.63) is 47.8 Å². The Morgan fingerprint density at radius 1 is 1.11 bits per heavy atom. The highest BCUT2D eigenvalue weighted by Gasteiger charge is 2.23. The standard InChI is InChI=1S/C19H23N5O3/c1-3-27-19(26)24-10-8-23(9-11-24)18-20-12-15(13-21-18)17(25)22-16-7-5-4-6-14(16)2/h4-7,12-13H,3,8-11H2,1-2H3,(H,22,25). The lowest BCUT2D eigenvalue weighted by molar-refractivity contribution is 0.102. The van der Waals surface area contributed by atoms with E-state index in [0.29, 0.717) is 44.3 Å². The Morgan fingerprint density at radius 2 is 1.78 bits per heavy atom. The fourth-order valence-electron chi connectivity index (χ4n) is 2.81. The monoisotopic (exact) mass is 369 g/mol. The summed E-state index contributed by atoms with van der Waals surface area (Å²) in [6, 6.07) is 7.58. The number of ether oxygens (including phenoxy) is 1. The molecule has 0 unspecified atom stereocenters. The number of rotatable bonds is 4. The summed E-state index contributed by atoms with van der Waals surface area (Å²) in [5.74, 6) is 0.300. The second-order valence-electron chi connectivity index (χ2n) is 6.21. The Hall–Kier alpha value is -3.16. The van der Waals surface area contributed by atoms with E-state index in [4.69, 9.17) is 4.74 Å². The molecule has 1 aliphatic heterocycles. The smallest absolute Gasteiger partial charge is 0.409 e. The Bertz CT molecular complexity index is 801. The van der Waals surface area contributed by atoms with Crippen LogP contribution in [0.25, 0.3) is 0 Å². The van der Waals surface area contributed by atoms with Crippen molar-refractivity contribution in [1.82, 2.24) is 14.9 Å². The van der Waals surface area contributed by atoms with E-state index in [-0.39, 0.29) is 12.0 Å². The van der Waals surface area contributed by atoms with Gasteiger partial charge in [-0.3, -0.25) is 4.79 Å². The van der Waals surface area contributed by atoms with E-state index < -0.39 is 0 Å². The number of aryl methyl sites for hydroxylation is 1. The SMILES string of the molecule is CCOC(=O)N1CCN(c2ncc(C(=O)Nc3ccccc3C)cn2)CC1. The van der Waals surface area contributed by atoms with Crippen molar-refractivity contribution in [2.45, 2.75) is 13.8 Å². The van der Waals surface area contributed by atoms with Crippen LogP contribution in [-0.2, 0) is 4.74 Å². The van der Waals surface area contributed by atoms with Crippen molar-refractivity contribution >= 4 is 23.6 Å². The molecule has 0 aliphatic carbocycles. The lowest BCUT2D eigenvalue weighted by Gasteiger charge is -2.33. The van der Waals surface area contributed by atoms with E-state index in [0.717, 1.165) is 11.3 Å². The zero-order valence-electron chi connectivity index (χ0n) is 15.5. The van der Waals surface area contributed by atoms with Crippen molar-refractivity contribution in [3.63, 3.8) is 0 Å². The Labute approximate surface area is 158 Å². The van der Waals surface area contributed by atoms with Gasteiger partial charge in [0.1, 0.15) is 0 Å². The van der Waals surface area contributed by atoms with Gasteiger partial charge in [-0.2, -0.15) is 0 Å². The number of hydrogen-bond donors (Lipinski definition) is 1. The molecule has 0 saturated carbocycles. The van der Waals surface area contributed by atoms with Gasteiger partial charge in [-0.1, -0.05) is 18.2 Å². The van der Waals surface area contributed by atoms with Crippen LogP contribution in [0.4, 0.5) is 16.4 Å². The molecular weight excluding hydrogens is 346 g/mol. The molecule has 0 radical (unpaired) electrons. The van der Waals surface area contributed by atoms with Crippen LogP contribution < -0.4 is 10.2 Å². The molecule has 3 rings (SSSR count). The fourth-order valence-corrected chi connectivity index (χ4v) is 2.81. The molecule has 142 valence electrons. The number of piperazine rings is 1. The predicted octanol–water partition coefficient (Wildman–Crippen LogP) is 2.32. The number of carbonyl (C=O) groups is 2. The van der Waals surface area contributed by atoms with Gasteiger partial charge in [0.2, 0.25) is 5.95 Å². The summed E-state index contributed by atoms with van der Waals surface area (Å²) in [7, 11) is 0. The van der Waals surface area contributed by atoms with Crippen molar-refractivity contribution in [3.8, 4) is 0 Å². The molecule has 1 N–H and O–H groups in total. The van der Waals surface area contributed by atoms with Crippen LogP contribution in [0.3, 0.4) is 0 Å². The number of anilines is 2. The third-order valence-corrected chi connectivity index (χ3v) is 4.38. The highest BCUT2D eigenvalue weighted by atomic mass is 16.6. The number of aromatic nitrogens is 2. The van der Waals surface area contributed by atoms with Gasteiger partial charge in [0, 0.05) is 44.3 Å². The zero-order valence-corrected chi connectivity index (χ0v) is 15.5. The molecule has 8 heteroatoms. The quantitative estimate of drug-likeness (QED) is 0.890. The van der Waals surface area contributed by atoms with Crippen LogP contribution in [0.15, 0.2) is 36.7 Å². The van der Waals surface area contributed by atoms with Crippen LogP contribution in [0.5, 0.6) is 0 Å². The fraction of sp³-hybridized carbons (Fsp3) is 0.368. The number of benzene rings is 1. The highest BCUT2D eigenvalue weighted by Crippen LogP contribution is 2.15. The molecule has 2 aromatic rings. The molecule has 0 bridgehead atoms. The first-order valence-electron chi connectivity index (χ1n) is 8.94. The van der Waals surface area contributed by atoms with Crippen LogP contribution in [-0.4, -0.2) is 59.7 Å². The minimum absolute atomic E-state index is 0.247. The lowest BCUT2D eigenvalue weighted by atomic mass is 10.2. The maximum absolute atomic E-state index is 12.4. The summed E-state index contributed by atoms with van der Waals surface area (Å²) >= 11 is 0. The number of nitrogens with zero attached hydrogens (tertiary/aromatic N) is 4. The highest BCUT2D eigenvalue weighted by molar-refractivity contribution is 6.04. The zero-order chi connectivity index (χ0) is 19.2. The number of carbonyl (C=O) groups excluding carboxylic acids is 2. The van der Waals surface area contributed by atoms with Crippen molar-refractivity contribution in [2.75, 3.05) is 43.0 Å². The maximum Gasteiger partial charge on any atom is 0.409 e. The lowest BCUT2D eigenvalue weighted by Crippen LogP contribution is -2.49. The predicted molar refractivity (Wildman–Crippen MR) is 102 cm³/mol. The van der Waals surface area contributed by atoms with Gasteiger partial charge in [-0.05, 0) is 25.5 Å². The number of nitrogens with one attached hydrogen (secondary N) is 1. The Morgan fingerprint density at radius 3 is 2.41 bits per heavy atom. The second-order valence-corrected chi connectivity index (χ2v) is 6.21. The second kappa shape index (κ2) is 8.48. The van der Waals surface area contributed by atoms with Crippen LogP contribution in [0.2, 0.25) is 0 Å². The van der Waals surface area contributed by atoms with Gasteiger partial charge in [0.25, 0.3) is 5.91 Å². The van der Waals surface area contributed by atoms with E-state index in [1.54, 1.807) is 11.8 Å². The average molecular weight is 369 g/mol. The van der Waals surface area contributed by atoms with Crippen molar-refractivity contribution in [2.24, 2.45) is 0 Å². The molecule has 1 fully saturated rings. The van der Waals surface area contributed by atoms with Crippen molar-refractivity contribution < 1.29 is 14.3 Å². The first-order valence-corrected chi connectivity index (χ1v) is 8.94. The van der Waals surface area contributed by atoms with Crippen LogP contribution in [0.1, 0.15) is 22.8 Å². The molecule has 27 heavy (non-hydrogen) atoms. The van der Waals surface area contributed by atoms with E-state index in [2.05, 4.69) is 15.3 Å². The maximum atomic E-state index is 12.4. The van der Waals surface area contributed by atoms with Gasteiger partial charge in [-0.15, -0.1) is 0 Å². The summed E-state index contributed by atoms with van der Waals surface area (Å²) < 4.78 is 5.01. The molecule has 1 saturated heterocycles. The Balaban J connectivity index is 1.58. The van der Waals surface area contributed by atoms with Crippen LogP contribution >= 0.6 is 0 Å². The van der Waals surface area contributed by atoms with Crippen LogP contribution in [0, 0.1) is 6.92 Å². The van der Waals surface area contributed by atoms with E-state index in [9.17, 15) is 9.59 Å². The molecule has 0 atom stereocenters. The van der Waals surface area contributed by atoms with Gasteiger partial charge < -0.3 is 19.9 Å². The van der Waals surface area contributed by atoms with E-state index in [1.165, 1.54) is 12.4 Å². The largest absolute Gasteiger partial charge is 0.450 e. The molecular formula is C19H23N5O3. The molecule has 1 aromatic heterocycles. The van der Waals surface area contributed by atoms with Gasteiger partial charge in [0.15, 0.2) is 0 Å². The third-order valence-electron chi connectivity index (χ3n) is 4.38. The van der Waals surface area contributed by atoms with E-state index in [1.807, 2.05) is 36.1 Å². The van der Waals surface area contributed by atoms with Gasteiger partial charge in [-0.25, -0.2) is 14.8 Å². The van der Waals surface area contributed by atoms with Gasteiger partial charge >= 0.3 is 6.09 Å². The molecule has 1 aliphatic rings. The molecule has 1 aromatic carbocycles. The van der Waals surface area contributed by atoms with Gasteiger partial charge in [0.05, 0.1) is 12.2 Å². The number of hydrogen-bond acceptors (Lipinski definition) is 6. The number of para-hydroxylation sites is 1. The summed E-state index contributed by atoms with van der Waals surface area (Å²) in [6.07, 6.45) is 2.75. The molecule has 8 nitrogen and oxygen atoms in total. The Kier molecular flexibility index (Phi) is 5.85. The minimum atomic E-state index is -0.290. The molecule has 0 spiro atoms. The number of amides is 2. The first-order chi connectivity index (χ1) is 13.1. The summed E-state index contributed by atoms with van der Waals surface area (Å²) in [4.78, 5) is 36.4. The molecule has 2 heterocycles. The average Bonchev–Trinajstić information content (AvgIpc) is 2.70. The third kappa shape index (κ3) is 4.52. The summed E-state index contributed by atoms with van der Waals surface area (Å²) in [5, 5.41) is 2.87. The summed E-state index contributed by atoms with van der Waals surface area (Å²) in [5.41, 5.74) is 2.15. The summed E-state index contributed by atoms with van der Waals surface area (Å²) in [6.45, 7) is 6.44. The van der Waals surface area contributed by atoms with E-state index >= 15 is 0 Å². The van der Waals surface area contributed by atoms with Crippen molar-refractivity contribution in [1.29, 1.82) is 0 Å². The first kappa shape index (κ1) is 18.6. The minimum Gasteiger partial charge on any atom is -0.450 e. The molecule has 2 amide bonds. The topological polar surface area (TPSA) is 87.7 Å². The normalized spacial score (nSPS) is 14.0.